The topological polar surface area (TPSA) is 9.23 Å². The lowest BCUT2D eigenvalue weighted by Gasteiger charge is -1.90. The van der Waals surface area contributed by atoms with Crippen LogP contribution in [0.15, 0.2) is 0 Å². The molecule has 0 aliphatic heterocycles. The van der Waals surface area contributed by atoms with Crippen LogP contribution in [-0.2, 0) is 16.3 Å². The van der Waals surface area contributed by atoms with Crippen molar-refractivity contribution in [2.24, 2.45) is 0 Å². The molecular weight excluding hydrogens is 135 g/mol. The molecule has 0 aromatic carbocycles. The van der Waals surface area contributed by atoms with Crippen molar-refractivity contribution >= 4 is 30.2 Å². The summed E-state index contributed by atoms with van der Waals surface area (Å²) in [7, 11) is 0. The maximum absolute atomic E-state index is 4.82. The first-order valence-electron chi connectivity index (χ1n) is 1.63. The molecule has 0 N–H and O–H groups in total. The van der Waals surface area contributed by atoms with Crippen LogP contribution < -0.4 is 0 Å². The van der Waals surface area contributed by atoms with Crippen LogP contribution in [0.25, 0.3) is 0 Å². The quantitative estimate of drug-likeness (QED) is 0.461. The molecule has 1 atom stereocenters. The Balaban J connectivity index is 2.83. The summed E-state index contributed by atoms with van der Waals surface area (Å²) in [6.07, 6.45) is -1.11. The van der Waals surface area contributed by atoms with Crippen LogP contribution in [-0.4, -0.2) is 6.61 Å². The summed E-state index contributed by atoms with van der Waals surface area (Å²) in [6.45, 7) is 2.61. The van der Waals surface area contributed by atoms with E-state index in [2.05, 4.69) is 24.1 Å². The van der Waals surface area contributed by atoms with Crippen molar-refractivity contribution in [2.45, 2.75) is 6.92 Å². The van der Waals surface area contributed by atoms with Crippen molar-refractivity contribution in [1.82, 2.24) is 0 Å². The van der Waals surface area contributed by atoms with Crippen molar-refractivity contribution in [3.05, 3.63) is 0 Å². The third-order valence-corrected chi connectivity index (χ3v) is 1.54. The standard InChI is InChI=1S/C2H7OPS2/c1-2-3-4(5)6/h4H,2H2,1H3,(H,5,6). The predicted molar refractivity (Wildman–Crippen MR) is 36.3 cm³/mol. The van der Waals surface area contributed by atoms with E-state index < -0.39 is 6.13 Å². The molecule has 0 aromatic heterocycles. The Kier molecular flexibility index (Phi) is 4.79. The number of rotatable bonds is 2. The highest BCUT2D eigenvalue weighted by Crippen LogP contribution is 2.26. The lowest BCUT2D eigenvalue weighted by Crippen LogP contribution is -1.69. The molecular formula is C2H7OPS2. The van der Waals surface area contributed by atoms with Gasteiger partial charge in [-0.3, -0.25) is 0 Å². The second kappa shape index (κ2) is 4.13. The first kappa shape index (κ1) is 6.96. The van der Waals surface area contributed by atoms with Gasteiger partial charge in [-0.05, 0) is 6.92 Å². The number of hydrogen-bond donors (Lipinski definition) is 1. The molecule has 0 radical (unpaired) electrons. The first-order chi connectivity index (χ1) is 2.77. The van der Waals surface area contributed by atoms with Gasteiger partial charge < -0.3 is 4.52 Å². The van der Waals surface area contributed by atoms with E-state index in [1.54, 1.807) is 0 Å². The number of hydrogen-bond acceptors (Lipinski definition) is 2. The highest BCUT2D eigenvalue weighted by Gasteiger charge is 1.75. The Hall–Kier alpha value is 0.960. The van der Waals surface area contributed by atoms with Gasteiger partial charge in [-0.1, -0.05) is 11.8 Å². The van der Waals surface area contributed by atoms with Crippen LogP contribution in [0.5, 0.6) is 0 Å². The Bertz CT molecular complexity index is 55.5. The van der Waals surface area contributed by atoms with Crippen LogP contribution in [0.2, 0.25) is 0 Å². The minimum Gasteiger partial charge on any atom is -0.344 e. The van der Waals surface area contributed by atoms with E-state index in [-0.39, 0.29) is 0 Å². The van der Waals surface area contributed by atoms with Crippen molar-refractivity contribution in [1.29, 1.82) is 0 Å². The fraction of sp³-hybridized carbons (Fsp3) is 1.00. The minimum absolute atomic E-state index is 0.696. The molecule has 0 saturated carbocycles. The van der Waals surface area contributed by atoms with Crippen molar-refractivity contribution in [3.8, 4) is 0 Å². The SMILES string of the molecule is CCO[PH](=S)S. The maximum Gasteiger partial charge on any atom is 0.104 e. The van der Waals surface area contributed by atoms with Gasteiger partial charge in [0.05, 0.1) is 0 Å². The van der Waals surface area contributed by atoms with Gasteiger partial charge in [0.1, 0.15) is 6.13 Å². The highest BCUT2D eigenvalue weighted by atomic mass is 32.9. The largest absolute Gasteiger partial charge is 0.344 e. The first-order valence-corrected chi connectivity index (χ1v) is 5.46. The van der Waals surface area contributed by atoms with Crippen molar-refractivity contribution in [2.75, 3.05) is 6.61 Å². The van der Waals surface area contributed by atoms with E-state index in [1.807, 2.05) is 6.92 Å². The van der Waals surface area contributed by atoms with E-state index in [0.717, 1.165) is 0 Å². The summed E-state index contributed by atoms with van der Waals surface area (Å²) < 4.78 is 4.82. The molecule has 0 spiro atoms. The molecule has 6 heavy (non-hydrogen) atoms. The zero-order valence-electron chi connectivity index (χ0n) is 3.47. The van der Waals surface area contributed by atoms with Gasteiger partial charge in [0.2, 0.25) is 0 Å². The molecule has 0 saturated heterocycles. The van der Waals surface area contributed by atoms with Gasteiger partial charge in [0.15, 0.2) is 0 Å². The Labute approximate surface area is 48.7 Å². The van der Waals surface area contributed by atoms with Gasteiger partial charge >= 0.3 is 0 Å². The van der Waals surface area contributed by atoms with E-state index in [9.17, 15) is 0 Å². The molecule has 38 valence electrons. The molecule has 0 amide bonds. The monoisotopic (exact) mass is 142 g/mol. The molecule has 0 fully saturated rings. The Morgan fingerprint density at radius 3 is 2.50 bits per heavy atom. The zero-order chi connectivity index (χ0) is 4.99. The normalized spacial score (nSPS) is 14.3. The lowest BCUT2D eigenvalue weighted by molar-refractivity contribution is 0.396. The fourth-order valence-corrected chi connectivity index (χ4v) is 1.11. The fourth-order valence-electron chi connectivity index (χ4n) is 0.123. The molecule has 0 heterocycles. The van der Waals surface area contributed by atoms with E-state index in [1.165, 1.54) is 0 Å². The van der Waals surface area contributed by atoms with Gasteiger partial charge in [0.25, 0.3) is 0 Å². The second-order valence-electron chi connectivity index (χ2n) is 0.699. The van der Waals surface area contributed by atoms with E-state index >= 15 is 0 Å². The average molecular weight is 142 g/mol. The van der Waals surface area contributed by atoms with Gasteiger partial charge in [-0.15, -0.1) is 12.2 Å². The summed E-state index contributed by atoms with van der Waals surface area (Å²) >= 11 is 8.49. The lowest BCUT2D eigenvalue weighted by atomic mass is 10.9. The Morgan fingerprint density at radius 2 is 2.50 bits per heavy atom. The van der Waals surface area contributed by atoms with Crippen LogP contribution >= 0.6 is 18.4 Å². The predicted octanol–water partition coefficient (Wildman–Crippen LogP) is 1.46. The summed E-state index contributed by atoms with van der Waals surface area (Å²) in [5.41, 5.74) is 0. The maximum atomic E-state index is 4.82. The van der Waals surface area contributed by atoms with Crippen LogP contribution in [0, 0.1) is 0 Å². The molecule has 4 heteroatoms. The molecule has 0 aromatic rings. The zero-order valence-corrected chi connectivity index (χ0v) is 6.18. The highest BCUT2D eigenvalue weighted by molar-refractivity contribution is 8.54. The minimum atomic E-state index is -1.11. The molecule has 0 bridgehead atoms. The third kappa shape index (κ3) is 4.96. The molecule has 1 unspecified atom stereocenters. The van der Waals surface area contributed by atoms with Crippen LogP contribution in [0.1, 0.15) is 6.92 Å². The van der Waals surface area contributed by atoms with Gasteiger partial charge in [-0.25, -0.2) is 0 Å². The summed E-state index contributed by atoms with van der Waals surface area (Å²) in [5.74, 6) is 0. The van der Waals surface area contributed by atoms with Crippen molar-refractivity contribution in [3.63, 3.8) is 0 Å². The smallest absolute Gasteiger partial charge is 0.104 e. The van der Waals surface area contributed by atoms with E-state index in [4.69, 9.17) is 4.52 Å². The van der Waals surface area contributed by atoms with Gasteiger partial charge in [0, 0.05) is 6.61 Å². The molecule has 0 rings (SSSR count). The second-order valence-corrected chi connectivity index (χ2v) is 4.76. The summed E-state index contributed by atoms with van der Waals surface area (Å²) in [4.78, 5) is 0. The molecule has 0 aliphatic rings. The average Bonchev–Trinajstić information content (AvgIpc) is 1.35. The Morgan fingerprint density at radius 1 is 2.00 bits per heavy atom. The third-order valence-electron chi connectivity index (χ3n) is 0.268. The molecule has 0 aliphatic carbocycles. The van der Waals surface area contributed by atoms with Crippen molar-refractivity contribution < 1.29 is 4.52 Å². The van der Waals surface area contributed by atoms with E-state index in [0.29, 0.717) is 6.61 Å². The van der Waals surface area contributed by atoms with Gasteiger partial charge in [-0.2, -0.15) is 0 Å². The van der Waals surface area contributed by atoms with Crippen LogP contribution in [0.4, 0.5) is 0 Å². The summed E-state index contributed by atoms with van der Waals surface area (Å²) in [5, 5.41) is 0. The summed E-state index contributed by atoms with van der Waals surface area (Å²) in [6, 6.07) is 0. The number of thiol groups is 1. The van der Waals surface area contributed by atoms with Crippen LogP contribution in [0.3, 0.4) is 0 Å². The molecule has 1 nitrogen and oxygen atoms in total.